The van der Waals surface area contributed by atoms with Crippen LogP contribution in [0.15, 0.2) is 53.6 Å². The maximum absolute atomic E-state index is 5.38. The molecule has 0 saturated carbocycles. The highest BCUT2D eigenvalue weighted by Crippen LogP contribution is 2.23. The molecule has 0 fully saturated rings. The Bertz CT molecular complexity index is 771. The SMILES string of the molecule is Cn1/c(=N\N)sc2cc(Nc3ccccc3)ccc21. The Hall–Kier alpha value is -2.27. The smallest absolute Gasteiger partial charge is 0.208 e. The minimum atomic E-state index is 0.812. The highest BCUT2D eigenvalue weighted by molar-refractivity contribution is 7.16. The summed E-state index contributed by atoms with van der Waals surface area (Å²) in [7, 11) is 1.97. The first-order chi connectivity index (χ1) is 9.28. The summed E-state index contributed by atoms with van der Waals surface area (Å²) < 4.78 is 3.15. The highest BCUT2D eigenvalue weighted by atomic mass is 32.1. The summed E-state index contributed by atoms with van der Waals surface area (Å²) in [5.41, 5.74) is 3.27. The number of fused-ring (bicyclic) bond motifs is 1. The zero-order valence-corrected chi connectivity index (χ0v) is 11.3. The molecule has 4 nitrogen and oxygen atoms in total. The van der Waals surface area contributed by atoms with E-state index in [2.05, 4.69) is 28.6 Å². The normalized spacial score (nSPS) is 11.9. The predicted molar refractivity (Wildman–Crippen MR) is 80.3 cm³/mol. The molecular formula is C14H14N4S. The van der Waals surface area contributed by atoms with Crippen molar-refractivity contribution in [2.45, 2.75) is 0 Å². The number of aromatic nitrogens is 1. The zero-order valence-electron chi connectivity index (χ0n) is 10.5. The Morgan fingerprint density at radius 2 is 1.89 bits per heavy atom. The van der Waals surface area contributed by atoms with Gasteiger partial charge in [0.1, 0.15) is 0 Å². The van der Waals surface area contributed by atoms with E-state index in [9.17, 15) is 0 Å². The molecule has 3 rings (SSSR count). The van der Waals surface area contributed by atoms with Crippen LogP contribution in [0, 0.1) is 0 Å². The number of anilines is 2. The Morgan fingerprint density at radius 3 is 2.63 bits per heavy atom. The van der Waals surface area contributed by atoms with Crippen molar-refractivity contribution in [2.24, 2.45) is 18.0 Å². The van der Waals surface area contributed by atoms with Gasteiger partial charge in [-0.15, -0.1) is 0 Å². The first kappa shape index (κ1) is 11.8. The molecule has 0 radical (unpaired) electrons. The molecule has 0 bridgehead atoms. The molecule has 3 N–H and O–H groups in total. The number of hydrogen-bond acceptors (Lipinski definition) is 4. The number of rotatable bonds is 2. The van der Waals surface area contributed by atoms with Gasteiger partial charge in [0.2, 0.25) is 4.80 Å². The van der Waals surface area contributed by atoms with E-state index in [1.807, 2.05) is 41.9 Å². The van der Waals surface area contributed by atoms with Crippen LogP contribution in [0.4, 0.5) is 11.4 Å². The molecule has 0 unspecified atom stereocenters. The van der Waals surface area contributed by atoms with E-state index in [-0.39, 0.29) is 0 Å². The minimum absolute atomic E-state index is 0.812. The summed E-state index contributed by atoms with van der Waals surface area (Å²) in [4.78, 5) is 0.812. The topological polar surface area (TPSA) is 55.3 Å². The van der Waals surface area contributed by atoms with Gasteiger partial charge in [0.25, 0.3) is 0 Å². The standard InChI is InChI=1S/C14H14N4S/c1-18-12-8-7-11(9-13(12)19-14(18)17-15)16-10-5-3-2-4-6-10/h2-9,16H,15H2,1H3/b17-14+. The van der Waals surface area contributed by atoms with Gasteiger partial charge in [-0.2, -0.15) is 5.10 Å². The largest absolute Gasteiger partial charge is 0.355 e. The van der Waals surface area contributed by atoms with E-state index in [0.717, 1.165) is 26.4 Å². The van der Waals surface area contributed by atoms with E-state index in [0.29, 0.717) is 0 Å². The third-order valence-electron chi connectivity index (χ3n) is 2.98. The van der Waals surface area contributed by atoms with Crippen LogP contribution in [0.2, 0.25) is 0 Å². The number of nitrogens with one attached hydrogen (secondary N) is 1. The number of benzene rings is 2. The van der Waals surface area contributed by atoms with Gasteiger partial charge in [-0.1, -0.05) is 29.5 Å². The molecule has 3 aromatic rings. The zero-order chi connectivity index (χ0) is 13.2. The van der Waals surface area contributed by atoms with Gasteiger partial charge in [0.05, 0.1) is 10.2 Å². The van der Waals surface area contributed by atoms with Gasteiger partial charge < -0.3 is 15.7 Å². The van der Waals surface area contributed by atoms with Gasteiger partial charge in [-0.05, 0) is 30.3 Å². The van der Waals surface area contributed by atoms with Crippen molar-refractivity contribution in [1.82, 2.24) is 4.57 Å². The van der Waals surface area contributed by atoms with E-state index >= 15 is 0 Å². The molecular weight excluding hydrogens is 256 g/mol. The summed E-state index contributed by atoms with van der Waals surface area (Å²) in [5.74, 6) is 5.38. The number of thiazole rings is 1. The van der Waals surface area contributed by atoms with Crippen LogP contribution >= 0.6 is 11.3 Å². The molecule has 1 heterocycles. The van der Waals surface area contributed by atoms with Crippen LogP contribution in [0.1, 0.15) is 0 Å². The fraction of sp³-hybridized carbons (Fsp3) is 0.0714. The first-order valence-corrected chi connectivity index (χ1v) is 6.75. The average Bonchev–Trinajstić information content (AvgIpc) is 2.76. The van der Waals surface area contributed by atoms with E-state index in [1.54, 1.807) is 11.3 Å². The van der Waals surface area contributed by atoms with Crippen LogP contribution in [-0.4, -0.2) is 4.57 Å². The lowest BCUT2D eigenvalue weighted by Gasteiger charge is -2.06. The van der Waals surface area contributed by atoms with Crippen molar-refractivity contribution in [3.05, 3.63) is 53.3 Å². The van der Waals surface area contributed by atoms with Crippen LogP contribution < -0.4 is 16.0 Å². The second-order valence-electron chi connectivity index (χ2n) is 4.25. The number of aryl methyl sites for hydroxylation is 1. The molecule has 5 heteroatoms. The van der Waals surface area contributed by atoms with E-state index in [1.165, 1.54) is 0 Å². The van der Waals surface area contributed by atoms with Gasteiger partial charge in [0.15, 0.2) is 0 Å². The molecule has 0 saturated heterocycles. The van der Waals surface area contributed by atoms with Crippen molar-refractivity contribution in [3.8, 4) is 0 Å². The molecule has 2 aromatic carbocycles. The fourth-order valence-electron chi connectivity index (χ4n) is 2.02. The minimum Gasteiger partial charge on any atom is -0.355 e. The Balaban J connectivity index is 2.03. The third kappa shape index (κ3) is 2.20. The summed E-state index contributed by atoms with van der Waals surface area (Å²) in [5, 5.41) is 7.16. The summed E-state index contributed by atoms with van der Waals surface area (Å²) in [6.45, 7) is 0. The lowest BCUT2D eigenvalue weighted by atomic mass is 10.2. The summed E-state index contributed by atoms with van der Waals surface area (Å²) in [6, 6.07) is 16.4. The van der Waals surface area contributed by atoms with Gasteiger partial charge in [0, 0.05) is 18.4 Å². The number of para-hydroxylation sites is 1. The molecule has 0 atom stereocenters. The van der Waals surface area contributed by atoms with Gasteiger partial charge in [-0.3, -0.25) is 0 Å². The molecule has 1 aromatic heterocycles. The van der Waals surface area contributed by atoms with Crippen molar-refractivity contribution in [2.75, 3.05) is 5.32 Å². The molecule has 0 aliphatic heterocycles. The maximum Gasteiger partial charge on any atom is 0.208 e. The maximum atomic E-state index is 5.38. The van der Waals surface area contributed by atoms with Crippen LogP contribution in [-0.2, 0) is 7.05 Å². The molecule has 96 valence electrons. The third-order valence-corrected chi connectivity index (χ3v) is 4.09. The average molecular weight is 270 g/mol. The van der Waals surface area contributed by atoms with Crippen molar-refractivity contribution in [3.63, 3.8) is 0 Å². The molecule has 0 amide bonds. The van der Waals surface area contributed by atoms with Crippen molar-refractivity contribution in [1.29, 1.82) is 0 Å². The number of hydrogen-bond donors (Lipinski definition) is 2. The first-order valence-electron chi connectivity index (χ1n) is 5.93. The second kappa shape index (κ2) is 4.78. The molecule has 0 aliphatic carbocycles. The monoisotopic (exact) mass is 270 g/mol. The predicted octanol–water partition coefficient (Wildman–Crippen LogP) is 2.76. The number of nitrogens with zero attached hydrogens (tertiary/aromatic N) is 2. The van der Waals surface area contributed by atoms with Crippen LogP contribution in [0.25, 0.3) is 10.2 Å². The molecule has 0 spiro atoms. The fourth-order valence-corrected chi connectivity index (χ4v) is 3.00. The van der Waals surface area contributed by atoms with Gasteiger partial charge >= 0.3 is 0 Å². The summed E-state index contributed by atoms with van der Waals surface area (Å²) in [6.07, 6.45) is 0. The van der Waals surface area contributed by atoms with E-state index in [4.69, 9.17) is 5.84 Å². The quantitative estimate of drug-likeness (QED) is 0.555. The van der Waals surface area contributed by atoms with Crippen molar-refractivity contribution >= 4 is 32.9 Å². The highest BCUT2D eigenvalue weighted by Gasteiger charge is 2.03. The van der Waals surface area contributed by atoms with Crippen LogP contribution in [0.3, 0.4) is 0 Å². The second-order valence-corrected chi connectivity index (χ2v) is 5.26. The van der Waals surface area contributed by atoms with E-state index < -0.39 is 0 Å². The Morgan fingerprint density at radius 1 is 1.11 bits per heavy atom. The van der Waals surface area contributed by atoms with Crippen LogP contribution in [0.5, 0.6) is 0 Å². The number of nitrogens with two attached hydrogens (primary N) is 1. The lowest BCUT2D eigenvalue weighted by molar-refractivity contribution is 0.888. The lowest BCUT2D eigenvalue weighted by Crippen LogP contribution is -2.12. The Labute approximate surface area is 114 Å². The Kier molecular flexibility index (Phi) is 2.97. The molecule has 0 aliphatic rings. The summed E-state index contributed by atoms with van der Waals surface area (Å²) >= 11 is 1.58. The van der Waals surface area contributed by atoms with Crippen molar-refractivity contribution < 1.29 is 0 Å². The van der Waals surface area contributed by atoms with Gasteiger partial charge in [-0.25, -0.2) is 0 Å². The molecule has 19 heavy (non-hydrogen) atoms.